The number of esters is 1. The summed E-state index contributed by atoms with van der Waals surface area (Å²) in [5.74, 6) is -0.715. The van der Waals surface area contributed by atoms with Crippen molar-refractivity contribution in [2.45, 2.75) is 13.0 Å². The van der Waals surface area contributed by atoms with Crippen LogP contribution in [0.1, 0.15) is 6.92 Å². The van der Waals surface area contributed by atoms with Gasteiger partial charge >= 0.3 is 12.1 Å². The van der Waals surface area contributed by atoms with E-state index >= 15 is 0 Å². The monoisotopic (exact) mass is 258 g/mol. The fourth-order valence-corrected chi connectivity index (χ4v) is 0.543. The van der Waals surface area contributed by atoms with E-state index in [9.17, 15) is 13.6 Å². The molecule has 0 fully saturated rings. The molecule has 0 rings (SSSR count). The van der Waals surface area contributed by atoms with E-state index in [1.165, 1.54) is 0 Å². The van der Waals surface area contributed by atoms with Crippen molar-refractivity contribution in [1.82, 2.24) is 0 Å². The number of alkyl halides is 3. The first-order valence-corrected chi connectivity index (χ1v) is 4.59. The molecule has 0 saturated heterocycles. The average molecular weight is 259 g/mol. The molecule has 0 radical (unpaired) electrons. The first-order valence-electron chi connectivity index (χ1n) is 3.46. The maximum Gasteiger partial charge on any atom is 0.407 e. The number of carbonyl (C=O) groups is 1. The van der Waals surface area contributed by atoms with E-state index in [-0.39, 0.29) is 6.61 Å². The molecule has 0 aliphatic rings. The molecule has 0 unspecified atom stereocenters. The van der Waals surface area contributed by atoms with Gasteiger partial charge in [0, 0.05) is 0 Å². The lowest BCUT2D eigenvalue weighted by Crippen LogP contribution is -2.19. The highest BCUT2D eigenvalue weighted by molar-refractivity contribution is 9.09. The van der Waals surface area contributed by atoms with Crippen LogP contribution in [0.5, 0.6) is 0 Å². The first-order chi connectivity index (χ1) is 6.02. The van der Waals surface area contributed by atoms with Crippen LogP contribution >= 0.6 is 15.9 Å². The lowest BCUT2D eigenvalue weighted by Gasteiger charge is -2.10. The summed E-state index contributed by atoms with van der Waals surface area (Å²) < 4.78 is 33.0. The molecule has 0 aromatic carbocycles. The van der Waals surface area contributed by atoms with Gasteiger partial charge in [-0.25, -0.2) is 4.79 Å². The van der Waals surface area contributed by atoms with Crippen molar-refractivity contribution in [2.24, 2.45) is 0 Å². The van der Waals surface area contributed by atoms with Crippen LogP contribution in [0.15, 0.2) is 12.3 Å². The number of hydrogen-bond acceptors (Lipinski definition) is 3. The second-order valence-corrected chi connectivity index (χ2v) is 2.50. The Morgan fingerprint density at radius 2 is 2.23 bits per heavy atom. The van der Waals surface area contributed by atoms with Crippen molar-refractivity contribution >= 4 is 21.9 Å². The van der Waals surface area contributed by atoms with Gasteiger partial charge in [0.25, 0.3) is 0 Å². The standard InChI is InChI=1S/C7H9BrF2O3/c1-2-12-6(11)3-4-13-7(9,10)5-8/h3-4H,2,5H2,1H3. The highest BCUT2D eigenvalue weighted by atomic mass is 79.9. The molecule has 0 spiro atoms. The molecule has 0 amide bonds. The van der Waals surface area contributed by atoms with Gasteiger partial charge in [0.1, 0.15) is 5.33 Å². The van der Waals surface area contributed by atoms with E-state index in [0.717, 1.165) is 6.08 Å². The molecule has 0 heterocycles. The van der Waals surface area contributed by atoms with Crippen molar-refractivity contribution in [3.8, 4) is 0 Å². The molecule has 0 aliphatic heterocycles. The van der Waals surface area contributed by atoms with Crippen molar-refractivity contribution in [3.05, 3.63) is 12.3 Å². The van der Waals surface area contributed by atoms with Gasteiger partial charge in [-0.3, -0.25) is 0 Å². The third-order valence-electron chi connectivity index (χ3n) is 0.887. The number of rotatable bonds is 5. The van der Waals surface area contributed by atoms with Gasteiger partial charge in [-0.1, -0.05) is 15.9 Å². The Balaban J connectivity index is 3.80. The van der Waals surface area contributed by atoms with E-state index in [1.807, 2.05) is 0 Å². The van der Waals surface area contributed by atoms with Crippen LogP contribution in [-0.4, -0.2) is 24.0 Å². The Hall–Kier alpha value is -0.650. The van der Waals surface area contributed by atoms with Crippen molar-refractivity contribution in [2.75, 3.05) is 11.9 Å². The van der Waals surface area contributed by atoms with Gasteiger partial charge in [0.2, 0.25) is 0 Å². The van der Waals surface area contributed by atoms with Gasteiger partial charge < -0.3 is 9.47 Å². The SMILES string of the molecule is CCOC(=O)C=COC(F)(F)CBr. The fourth-order valence-electron chi connectivity index (χ4n) is 0.411. The van der Waals surface area contributed by atoms with Crippen LogP contribution in [0.2, 0.25) is 0 Å². The number of ether oxygens (including phenoxy) is 2. The van der Waals surface area contributed by atoms with Crippen LogP contribution < -0.4 is 0 Å². The molecule has 0 aliphatic carbocycles. The van der Waals surface area contributed by atoms with Gasteiger partial charge in [0.15, 0.2) is 0 Å². The maximum absolute atomic E-state index is 12.3. The zero-order valence-corrected chi connectivity index (χ0v) is 8.51. The summed E-state index contributed by atoms with van der Waals surface area (Å²) in [5.41, 5.74) is 0. The molecule has 0 N–H and O–H groups in total. The topological polar surface area (TPSA) is 35.5 Å². The quantitative estimate of drug-likeness (QED) is 0.328. The summed E-state index contributed by atoms with van der Waals surface area (Å²) in [7, 11) is 0. The van der Waals surface area contributed by atoms with E-state index in [0.29, 0.717) is 6.26 Å². The van der Waals surface area contributed by atoms with Crippen molar-refractivity contribution in [3.63, 3.8) is 0 Å². The lowest BCUT2D eigenvalue weighted by molar-refractivity contribution is -0.183. The Kier molecular flexibility index (Phi) is 5.61. The summed E-state index contributed by atoms with van der Waals surface area (Å²) >= 11 is 2.54. The summed E-state index contributed by atoms with van der Waals surface area (Å²) in [5, 5.41) is -0.632. The molecule has 13 heavy (non-hydrogen) atoms. The Labute approximate surface area is 82.8 Å². The van der Waals surface area contributed by atoms with Gasteiger partial charge in [-0.05, 0) is 6.92 Å². The second-order valence-electron chi connectivity index (χ2n) is 1.94. The summed E-state index contributed by atoms with van der Waals surface area (Å²) in [6.07, 6.45) is -1.90. The smallest absolute Gasteiger partial charge is 0.407 e. The predicted molar refractivity (Wildman–Crippen MR) is 45.6 cm³/mol. The largest absolute Gasteiger partial charge is 0.463 e. The van der Waals surface area contributed by atoms with Crippen molar-refractivity contribution < 1.29 is 23.0 Å². The average Bonchev–Trinajstić information content (AvgIpc) is 2.05. The molecular formula is C7H9BrF2O3. The second kappa shape index (κ2) is 5.90. The van der Waals surface area contributed by atoms with E-state index in [1.54, 1.807) is 6.92 Å². The maximum atomic E-state index is 12.3. The minimum absolute atomic E-state index is 0.192. The zero-order chi connectivity index (χ0) is 10.3. The molecule has 0 atom stereocenters. The Morgan fingerprint density at radius 1 is 1.62 bits per heavy atom. The molecule has 0 aromatic rings. The first kappa shape index (κ1) is 12.3. The summed E-state index contributed by atoms with van der Waals surface area (Å²) in [6, 6.07) is 0. The Bertz CT molecular complexity index is 194. The van der Waals surface area contributed by atoms with Gasteiger partial charge in [-0.2, -0.15) is 8.78 Å². The minimum Gasteiger partial charge on any atom is -0.463 e. The molecular weight excluding hydrogens is 250 g/mol. The van der Waals surface area contributed by atoms with E-state index in [2.05, 4.69) is 25.4 Å². The molecule has 0 bridgehead atoms. The third kappa shape index (κ3) is 6.51. The summed E-state index contributed by atoms with van der Waals surface area (Å²) in [6.45, 7) is 1.80. The van der Waals surface area contributed by atoms with Gasteiger partial charge in [0.05, 0.1) is 18.9 Å². The molecule has 3 nitrogen and oxygen atoms in total. The molecule has 0 aromatic heterocycles. The minimum atomic E-state index is -3.30. The number of carbonyl (C=O) groups excluding carboxylic acids is 1. The predicted octanol–water partition coefficient (Wildman–Crippen LogP) is 2.07. The van der Waals surface area contributed by atoms with E-state index < -0.39 is 17.4 Å². The van der Waals surface area contributed by atoms with Crippen LogP contribution in [0.3, 0.4) is 0 Å². The summed E-state index contributed by atoms with van der Waals surface area (Å²) in [4.78, 5) is 10.6. The van der Waals surface area contributed by atoms with Crippen LogP contribution in [0.4, 0.5) is 8.78 Å². The Morgan fingerprint density at radius 3 is 2.69 bits per heavy atom. The van der Waals surface area contributed by atoms with Crippen LogP contribution in [0.25, 0.3) is 0 Å². The van der Waals surface area contributed by atoms with Crippen molar-refractivity contribution in [1.29, 1.82) is 0 Å². The fraction of sp³-hybridized carbons (Fsp3) is 0.571. The molecule has 6 heteroatoms. The lowest BCUT2D eigenvalue weighted by atomic mass is 10.6. The van der Waals surface area contributed by atoms with Crippen LogP contribution in [-0.2, 0) is 14.3 Å². The van der Waals surface area contributed by atoms with Gasteiger partial charge in [-0.15, -0.1) is 0 Å². The zero-order valence-electron chi connectivity index (χ0n) is 6.93. The molecule has 0 saturated carbocycles. The highest BCUT2D eigenvalue weighted by Crippen LogP contribution is 2.17. The van der Waals surface area contributed by atoms with Crippen LogP contribution in [0, 0.1) is 0 Å². The third-order valence-corrected chi connectivity index (χ3v) is 1.54. The normalized spacial score (nSPS) is 11.7. The highest BCUT2D eigenvalue weighted by Gasteiger charge is 2.27. The number of halogens is 3. The van der Waals surface area contributed by atoms with E-state index in [4.69, 9.17) is 0 Å². The number of hydrogen-bond donors (Lipinski definition) is 0. The molecule has 76 valence electrons.